The van der Waals surface area contributed by atoms with Gasteiger partial charge < -0.3 is 15.0 Å². The third kappa shape index (κ3) is 2.25. The molecule has 1 aliphatic heterocycles. The maximum absolute atomic E-state index is 12.0. The molecule has 0 bridgehead atoms. The predicted molar refractivity (Wildman–Crippen MR) is 55.1 cm³/mol. The highest BCUT2D eigenvalue weighted by molar-refractivity contribution is 5.80. The van der Waals surface area contributed by atoms with E-state index in [0.717, 1.165) is 0 Å². The van der Waals surface area contributed by atoms with Gasteiger partial charge in [-0.1, -0.05) is 0 Å². The fraction of sp³-hybridized carbons (Fsp3) is 0.900. The SMILES string of the molecule is CNC1COCC1C(=O)N(C)C(C)C. The van der Waals surface area contributed by atoms with E-state index in [9.17, 15) is 4.79 Å². The third-order valence-electron chi connectivity index (χ3n) is 2.89. The quantitative estimate of drug-likeness (QED) is 0.702. The largest absolute Gasteiger partial charge is 0.379 e. The molecule has 1 aliphatic rings. The molecule has 0 aromatic heterocycles. The zero-order chi connectivity index (χ0) is 10.7. The van der Waals surface area contributed by atoms with Gasteiger partial charge in [0.15, 0.2) is 0 Å². The van der Waals surface area contributed by atoms with Gasteiger partial charge in [0.25, 0.3) is 0 Å². The van der Waals surface area contributed by atoms with Crippen LogP contribution in [0, 0.1) is 5.92 Å². The summed E-state index contributed by atoms with van der Waals surface area (Å²) < 4.78 is 5.30. The van der Waals surface area contributed by atoms with Gasteiger partial charge >= 0.3 is 0 Å². The van der Waals surface area contributed by atoms with Crippen molar-refractivity contribution in [3.05, 3.63) is 0 Å². The molecule has 1 fully saturated rings. The van der Waals surface area contributed by atoms with Crippen LogP contribution in [0.3, 0.4) is 0 Å². The van der Waals surface area contributed by atoms with E-state index < -0.39 is 0 Å². The van der Waals surface area contributed by atoms with Crippen molar-refractivity contribution >= 4 is 5.91 Å². The highest BCUT2D eigenvalue weighted by Crippen LogP contribution is 2.16. The number of carbonyl (C=O) groups is 1. The van der Waals surface area contributed by atoms with E-state index in [4.69, 9.17) is 4.74 Å². The number of carbonyl (C=O) groups excluding carboxylic acids is 1. The molecule has 0 aliphatic carbocycles. The standard InChI is InChI=1S/C10H20N2O2/c1-7(2)12(4)10(13)8-5-14-6-9(8)11-3/h7-9,11H,5-6H2,1-4H3. The molecule has 1 heterocycles. The maximum Gasteiger partial charge on any atom is 0.229 e. The fourth-order valence-corrected chi connectivity index (χ4v) is 1.60. The number of nitrogens with zero attached hydrogens (tertiary/aromatic N) is 1. The average molecular weight is 200 g/mol. The van der Waals surface area contributed by atoms with Gasteiger partial charge in [0.2, 0.25) is 5.91 Å². The van der Waals surface area contributed by atoms with E-state index in [2.05, 4.69) is 5.32 Å². The number of rotatable bonds is 3. The summed E-state index contributed by atoms with van der Waals surface area (Å²) in [6.45, 7) is 5.21. The van der Waals surface area contributed by atoms with Crippen LogP contribution in [0.25, 0.3) is 0 Å². The fourth-order valence-electron chi connectivity index (χ4n) is 1.60. The molecule has 1 N–H and O–H groups in total. The molecular formula is C10H20N2O2. The molecule has 0 saturated carbocycles. The first-order valence-electron chi connectivity index (χ1n) is 5.09. The average Bonchev–Trinajstić information content (AvgIpc) is 2.62. The first-order chi connectivity index (χ1) is 6.57. The number of nitrogens with one attached hydrogen (secondary N) is 1. The summed E-state index contributed by atoms with van der Waals surface area (Å²) >= 11 is 0. The van der Waals surface area contributed by atoms with Crippen molar-refractivity contribution in [2.24, 2.45) is 5.92 Å². The molecule has 0 aromatic carbocycles. The van der Waals surface area contributed by atoms with E-state index in [-0.39, 0.29) is 23.9 Å². The van der Waals surface area contributed by atoms with Crippen LogP contribution in [0.5, 0.6) is 0 Å². The Labute approximate surface area is 85.6 Å². The van der Waals surface area contributed by atoms with E-state index in [1.165, 1.54) is 0 Å². The second kappa shape index (κ2) is 4.75. The zero-order valence-electron chi connectivity index (χ0n) is 9.41. The van der Waals surface area contributed by atoms with Crippen LogP contribution in [0.15, 0.2) is 0 Å². The summed E-state index contributed by atoms with van der Waals surface area (Å²) in [6, 6.07) is 0.421. The van der Waals surface area contributed by atoms with Crippen molar-refractivity contribution in [3.63, 3.8) is 0 Å². The Hall–Kier alpha value is -0.610. The maximum atomic E-state index is 12.0. The lowest BCUT2D eigenvalue weighted by Crippen LogP contribution is -2.45. The Kier molecular flexibility index (Phi) is 3.89. The number of amides is 1. The monoisotopic (exact) mass is 200 g/mol. The minimum absolute atomic E-state index is 0.0209. The molecule has 1 rings (SSSR count). The Balaban J connectivity index is 2.59. The molecule has 82 valence electrons. The second-order valence-electron chi connectivity index (χ2n) is 4.08. The van der Waals surface area contributed by atoms with Crippen molar-refractivity contribution in [1.29, 1.82) is 0 Å². The summed E-state index contributed by atoms with van der Waals surface area (Å²) in [4.78, 5) is 13.7. The molecule has 4 nitrogen and oxygen atoms in total. The van der Waals surface area contributed by atoms with Gasteiger partial charge in [-0.05, 0) is 20.9 Å². The lowest BCUT2D eigenvalue weighted by atomic mass is 10.0. The van der Waals surface area contributed by atoms with Gasteiger partial charge in [-0.3, -0.25) is 4.79 Å². The van der Waals surface area contributed by atoms with Crippen molar-refractivity contribution in [2.45, 2.75) is 25.9 Å². The normalized spacial score (nSPS) is 26.9. The number of likely N-dealkylation sites (N-methyl/N-ethyl adjacent to an activating group) is 1. The zero-order valence-corrected chi connectivity index (χ0v) is 9.41. The Morgan fingerprint density at radius 2 is 2.14 bits per heavy atom. The van der Waals surface area contributed by atoms with Crippen LogP contribution in [-0.2, 0) is 9.53 Å². The van der Waals surface area contributed by atoms with Gasteiger partial charge in [-0.25, -0.2) is 0 Å². The molecule has 0 aromatic rings. The van der Waals surface area contributed by atoms with Gasteiger partial charge in [0.05, 0.1) is 19.1 Å². The molecule has 14 heavy (non-hydrogen) atoms. The smallest absolute Gasteiger partial charge is 0.229 e. The first kappa shape index (κ1) is 11.5. The Morgan fingerprint density at radius 3 is 2.64 bits per heavy atom. The topological polar surface area (TPSA) is 41.6 Å². The van der Waals surface area contributed by atoms with Gasteiger partial charge in [0, 0.05) is 19.1 Å². The van der Waals surface area contributed by atoms with Gasteiger partial charge in [0.1, 0.15) is 0 Å². The Bertz CT molecular complexity index is 206. The van der Waals surface area contributed by atoms with Gasteiger partial charge in [-0.2, -0.15) is 0 Å². The van der Waals surface area contributed by atoms with Crippen molar-refractivity contribution in [3.8, 4) is 0 Å². The number of hydrogen-bond acceptors (Lipinski definition) is 3. The van der Waals surface area contributed by atoms with E-state index in [1.54, 1.807) is 4.90 Å². The van der Waals surface area contributed by atoms with Gasteiger partial charge in [-0.15, -0.1) is 0 Å². The van der Waals surface area contributed by atoms with Crippen LogP contribution in [0.1, 0.15) is 13.8 Å². The first-order valence-corrected chi connectivity index (χ1v) is 5.09. The van der Waals surface area contributed by atoms with E-state index in [0.29, 0.717) is 13.2 Å². The summed E-state index contributed by atoms with van der Waals surface area (Å²) in [5.41, 5.74) is 0. The number of ether oxygens (including phenoxy) is 1. The third-order valence-corrected chi connectivity index (χ3v) is 2.89. The van der Waals surface area contributed by atoms with E-state index >= 15 is 0 Å². The molecule has 1 amide bonds. The molecular weight excluding hydrogens is 180 g/mol. The Morgan fingerprint density at radius 1 is 1.50 bits per heavy atom. The van der Waals surface area contributed by atoms with Crippen molar-refractivity contribution in [1.82, 2.24) is 10.2 Å². The second-order valence-corrected chi connectivity index (χ2v) is 4.08. The highest BCUT2D eigenvalue weighted by atomic mass is 16.5. The molecule has 0 radical (unpaired) electrons. The molecule has 2 unspecified atom stereocenters. The molecule has 4 heteroatoms. The minimum atomic E-state index is -0.0209. The van der Waals surface area contributed by atoms with Crippen LogP contribution in [-0.4, -0.2) is 50.2 Å². The van der Waals surface area contributed by atoms with Crippen LogP contribution in [0.2, 0.25) is 0 Å². The molecule has 0 spiro atoms. The van der Waals surface area contributed by atoms with Crippen molar-refractivity contribution in [2.75, 3.05) is 27.3 Å². The minimum Gasteiger partial charge on any atom is -0.379 e. The van der Waals surface area contributed by atoms with Crippen LogP contribution in [0.4, 0.5) is 0 Å². The van der Waals surface area contributed by atoms with Crippen molar-refractivity contribution < 1.29 is 9.53 Å². The predicted octanol–water partition coefficient (Wildman–Crippen LogP) is 0.0876. The lowest BCUT2D eigenvalue weighted by molar-refractivity contribution is -0.136. The van der Waals surface area contributed by atoms with Crippen LogP contribution < -0.4 is 5.32 Å². The molecule has 2 atom stereocenters. The number of hydrogen-bond donors (Lipinski definition) is 1. The summed E-state index contributed by atoms with van der Waals surface area (Å²) in [6.07, 6.45) is 0. The van der Waals surface area contributed by atoms with Crippen LogP contribution >= 0.6 is 0 Å². The summed E-state index contributed by atoms with van der Waals surface area (Å²) in [5.74, 6) is 0.157. The van der Waals surface area contributed by atoms with E-state index in [1.807, 2.05) is 27.9 Å². The summed E-state index contributed by atoms with van der Waals surface area (Å²) in [7, 11) is 3.72. The lowest BCUT2D eigenvalue weighted by Gasteiger charge is -2.26. The summed E-state index contributed by atoms with van der Waals surface area (Å²) in [5, 5.41) is 3.12. The molecule has 1 saturated heterocycles. The highest BCUT2D eigenvalue weighted by Gasteiger charge is 2.35.